The second-order valence-corrected chi connectivity index (χ2v) is 5.15. The van der Waals surface area contributed by atoms with Crippen molar-refractivity contribution >= 4 is 45.3 Å². The lowest BCUT2D eigenvalue weighted by Crippen LogP contribution is -1.98. The summed E-state index contributed by atoms with van der Waals surface area (Å²) in [7, 11) is 0. The topological polar surface area (TPSA) is 43.6 Å². The lowest BCUT2D eigenvalue weighted by Gasteiger charge is -2.04. The first kappa shape index (κ1) is 13.2. The van der Waals surface area contributed by atoms with Gasteiger partial charge in [0, 0.05) is 18.0 Å². The van der Waals surface area contributed by atoms with E-state index in [0.29, 0.717) is 28.6 Å². The van der Waals surface area contributed by atoms with Gasteiger partial charge in [0.2, 0.25) is 0 Å². The average Bonchev–Trinajstić information content (AvgIpc) is 3.04. The molecule has 0 aliphatic rings. The molecule has 0 saturated heterocycles. The Hall–Kier alpha value is -1.79. The molecule has 3 rings (SSSR count). The monoisotopic (exact) mass is 308 g/mol. The molecule has 0 fully saturated rings. The molecule has 0 aliphatic heterocycles. The van der Waals surface area contributed by atoms with E-state index in [1.807, 2.05) is 11.5 Å². The molecule has 2 aromatic heterocycles. The van der Waals surface area contributed by atoms with Crippen LogP contribution in [0, 0.1) is 5.82 Å². The van der Waals surface area contributed by atoms with Crippen molar-refractivity contribution in [3.63, 3.8) is 0 Å². The molecule has 0 unspecified atom stereocenters. The SMILES string of the molecule is CCn1c(/C(Cl)=C/c2csnn2)nc2cc(F)ccc21. The zero-order valence-corrected chi connectivity index (χ0v) is 12.1. The van der Waals surface area contributed by atoms with Crippen LogP contribution in [0.5, 0.6) is 0 Å². The van der Waals surface area contributed by atoms with Crippen LogP contribution < -0.4 is 0 Å². The maximum absolute atomic E-state index is 13.3. The van der Waals surface area contributed by atoms with Gasteiger partial charge >= 0.3 is 0 Å². The molecule has 2 heterocycles. The van der Waals surface area contributed by atoms with Gasteiger partial charge in [-0.2, -0.15) is 0 Å². The Labute approximate surface area is 123 Å². The Morgan fingerprint density at radius 2 is 2.35 bits per heavy atom. The van der Waals surface area contributed by atoms with Crippen molar-refractivity contribution in [2.24, 2.45) is 0 Å². The number of halogens is 2. The summed E-state index contributed by atoms with van der Waals surface area (Å²) in [6, 6.07) is 4.53. The van der Waals surface area contributed by atoms with Gasteiger partial charge in [-0.05, 0) is 36.7 Å². The fourth-order valence-corrected chi connectivity index (χ4v) is 2.70. The van der Waals surface area contributed by atoms with Crippen molar-refractivity contribution in [1.82, 2.24) is 19.1 Å². The first-order valence-electron chi connectivity index (χ1n) is 5.99. The number of hydrogen-bond donors (Lipinski definition) is 0. The molecular formula is C13H10ClFN4S. The van der Waals surface area contributed by atoms with Gasteiger partial charge in [-0.3, -0.25) is 0 Å². The predicted octanol–water partition coefficient (Wildman–Crippen LogP) is 3.78. The molecule has 1 aromatic carbocycles. The number of fused-ring (bicyclic) bond motifs is 1. The number of imidazole rings is 1. The van der Waals surface area contributed by atoms with Crippen molar-refractivity contribution in [1.29, 1.82) is 0 Å². The summed E-state index contributed by atoms with van der Waals surface area (Å²) in [5.74, 6) is 0.288. The Morgan fingerprint density at radius 3 is 3.05 bits per heavy atom. The van der Waals surface area contributed by atoms with E-state index in [4.69, 9.17) is 11.6 Å². The van der Waals surface area contributed by atoms with E-state index < -0.39 is 0 Å². The van der Waals surface area contributed by atoms with Gasteiger partial charge in [-0.1, -0.05) is 16.1 Å². The normalized spacial score (nSPS) is 12.2. The molecule has 7 heteroatoms. The second-order valence-electron chi connectivity index (χ2n) is 4.13. The molecule has 0 bridgehead atoms. The number of aromatic nitrogens is 4. The molecule has 3 aromatic rings. The smallest absolute Gasteiger partial charge is 0.152 e. The predicted molar refractivity (Wildman–Crippen MR) is 79.0 cm³/mol. The molecule has 102 valence electrons. The van der Waals surface area contributed by atoms with Crippen LogP contribution in [0.15, 0.2) is 23.6 Å². The third-order valence-electron chi connectivity index (χ3n) is 2.89. The summed E-state index contributed by atoms with van der Waals surface area (Å²) >= 11 is 7.57. The highest BCUT2D eigenvalue weighted by molar-refractivity contribution is 7.03. The van der Waals surface area contributed by atoms with Gasteiger partial charge in [0.25, 0.3) is 0 Å². The van der Waals surface area contributed by atoms with Crippen LogP contribution in [0.4, 0.5) is 4.39 Å². The average molecular weight is 309 g/mol. The molecule has 0 spiro atoms. The zero-order valence-electron chi connectivity index (χ0n) is 10.5. The Bertz CT molecular complexity index is 779. The highest BCUT2D eigenvalue weighted by Gasteiger charge is 2.13. The van der Waals surface area contributed by atoms with E-state index in [9.17, 15) is 4.39 Å². The zero-order chi connectivity index (χ0) is 14.1. The summed E-state index contributed by atoms with van der Waals surface area (Å²) in [5, 5.41) is 6.16. The standard InChI is InChI=1S/C13H10ClFN4S/c1-2-19-12-4-3-8(15)5-11(12)16-13(19)10(14)6-9-7-20-18-17-9/h3-7H,2H2,1H3/b10-6-. The van der Waals surface area contributed by atoms with Gasteiger partial charge < -0.3 is 4.57 Å². The maximum atomic E-state index is 13.3. The third-order valence-corrected chi connectivity index (χ3v) is 3.69. The number of nitrogens with zero attached hydrogens (tertiary/aromatic N) is 4. The summed E-state index contributed by atoms with van der Waals surface area (Å²) in [4.78, 5) is 4.40. The van der Waals surface area contributed by atoms with Crippen LogP contribution in [0.3, 0.4) is 0 Å². The molecule has 20 heavy (non-hydrogen) atoms. The fourth-order valence-electron chi connectivity index (χ4n) is 2.03. The van der Waals surface area contributed by atoms with Gasteiger partial charge in [0.05, 0.1) is 21.8 Å². The van der Waals surface area contributed by atoms with Gasteiger partial charge in [0.1, 0.15) is 5.82 Å². The van der Waals surface area contributed by atoms with Crippen LogP contribution in [0.2, 0.25) is 0 Å². The minimum Gasteiger partial charge on any atom is -0.324 e. The fraction of sp³-hybridized carbons (Fsp3) is 0.154. The molecule has 0 N–H and O–H groups in total. The summed E-state index contributed by atoms with van der Waals surface area (Å²) in [5.41, 5.74) is 2.12. The Morgan fingerprint density at radius 1 is 1.50 bits per heavy atom. The number of rotatable bonds is 3. The lowest BCUT2D eigenvalue weighted by molar-refractivity contribution is 0.629. The van der Waals surface area contributed by atoms with Crippen molar-refractivity contribution in [3.8, 4) is 0 Å². The van der Waals surface area contributed by atoms with Crippen LogP contribution in [0.1, 0.15) is 18.4 Å². The lowest BCUT2D eigenvalue weighted by atomic mass is 10.3. The van der Waals surface area contributed by atoms with Gasteiger partial charge in [0.15, 0.2) is 5.82 Å². The maximum Gasteiger partial charge on any atom is 0.152 e. The van der Waals surface area contributed by atoms with Crippen molar-refractivity contribution in [3.05, 3.63) is 40.9 Å². The molecular weight excluding hydrogens is 299 g/mol. The quantitative estimate of drug-likeness (QED) is 0.739. The Balaban J connectivity index is 2.15. The molecule has 0 saturated carbocycles. The summed E-state index contributed by atoms with van der Waals surface area (Å²) < 4.78 is 19.0. The van der Waals surface area contributed by atoms with Gasteiger partial charge in [-0.25, -0.2) is 9.37 Å². The van der Waals surface area contributed by atoms with E-state index in [1.165, 1.54) is 23.7 Å². The largest absolute Gasteiger partial charge is 0.324 e. The van der Waals surface area contributed by atoms with Crippen LogP contribution in [-0.4, -0.2) is 19.1 Å². The van der Waals surface area contributed by atoms with E-state index in [1.54, 1.807) is 17.5 Å². The van der Waals surface area contributed by atoms with E-state index in [0.717, 1.165) is 5.52 Å². The molecule has 0 radical (unpaired) electrons. The van der Waals surface area contributed by atoms with Crippen molar-refractivity contribution < 1.29 is 4.39 Å². The molecule has 0 aliphatic carbocycles. The van der Waals surface area contributed by atoms with E-state index in [2.05, 4.69) is 14.6 Å². The molecule has 0 atom stereocenters. The van der Waals surface area contributed by atoms with Crippen molar-refractivity contribution in [2.45, 2.75) is 13.5 Å². The first-order valence-corrected chi connectivity index (χ1v) is 7.21. The number of benzene rings is 1. The molecule has 0 amide bonds. The van der Waals surface area contributed by atoms with Crippen molar-refractivity contribution in [2.75, 3.05) is 0 Å². The highest BCUT2D eigenvalue weighted by atomic mass is 35.5. The number of aryl methyl sites for hydroxylation is 1. The van der Waals surface area contributed by atoms with Gasteiger partial charge in [-0.15, -0.1) is 5.10 Å². The highest BCUT2D eigenvalue weighted by Crippen LogP contribution is 2.26. The third kappa shape index (κ3) is 2.32. The van der Waals surface area contributed by atoms with E-state index >= 15 is 0 Å². The van der Waals surface area contributed by atoms with Crippen LogP contribution >= 0.6 is 23.1 Å². The van der Waals surface area contributed by atoms with Crippen LogP contribution in [0.25, 0.3) is 22.1 Å². The minimum atomic E-state index is -0.311. The second kappa shape index (κ2) is 5.30. The summed E-state index contributed by atoms with van der Waals surface area (Å²) in [6.07, 6.45) is 1.70. The Kier molecular flexibility index (Phi) is 3.50. The van der Waals surface area contributed by atoms with E-state index in [-0.39, 0.29) is 5.82 Å². The minimum absolute atomic E-state index is 0.311. The first-order chi connectivity index (χ1) is 9.69. The molecule has 4 nitrogen and oxygen atoms in total. The number of hydrogen-bond acceptors (Lipinski definition) is 4. The van der Waals surface area contributed by atoms with Crippen LogP contribution in [-0.2, 0) is 6.54 Å². The summed E-state index contributed by atoms with van der Waals surface area (Å²) in [6.45, 7) is 2.68.